The highest BCUT2D eigenvalue weighted by atomic mass is 127. The Morgan fingerprint density at radius 2 is 1.06 bits per heavy atom. The maximum atomic E-state index is 11.0. The molecule has 94 valence electrons. The number of halogens is 2. The Bertz CT molecular complexity index is 233. The number of aliphatic hydroxyl groups excluding tert-OH is 4. The summed E-state index contributed by atoms with van der Waals surface area (Å²) in [5.74, 6) is -1.36. The summed E-state index contributed by atoms with van der Waals surface area (Å²) in [5, 5.41) is 37.3. The first kappa shape index (κ1) is 16.6. The van der Waals surface area contributed by atoms with Crippen molar-refractivity contribution < 1.29 is 30.0 Å². The third-order valence-electron chi connectivity index (χ3n) is 1.92. The molecule has 0 aromatic heterocycles. The first-order valence-corrected chi connectivity index (χ1v) is 7.31. The van der Waals surface area contributed by atoms with E-state index in [2.05, 4.69) is 0 Å². The lowest BCUT2D eigenvalue weighted by Crippen LogP contribution is -2.50. The number of aliphatic hydroxyl groups is 4. The lowest BCUT2D eigenvalue weighted by Gasteiger charge is -2.24. The molecule has 8 heteroatoms. The Labute approximate surface area is 119 Å². The molecule has 0 aliphatic carbocycles. The van der Waals surface area contributed by atoms with Crippen molar-refractivity contribution in [2.24, 2.45) is 0 Å². The molecule has 6 nitrogen and oxygen atoms in total. The van der Waals surface area contributed by atoms with Crippen LogP contribution in [0.3, 0.4) is 0 Å². The van der Waals surface area contributed by atoms with Crippen LogP contribution in [0.2, 0.25) is 0 Å². The first-order chi connectivity index (χ1) is 7.36. The van der Waals surface area contributed by atoms with Gasteiger partial charge in [-0.2, -0.15) is 0 Å². The monoisotopic (exact) mass is 458 g/mol. The molecule has 0 heterocycles. The van der Waals surface area contributed by atoms with Gasteiger partial charge in [-0.15, -0.1) is 0 Å². The summed E-state index contributed by atoms with van der Waals surface area (Å²) in [5.41, 5.74) is 0. The highest BCUT2D eigenvalue weighted by Crippen LogP contribution is 2.09. The van der Waals surface area contributed by atoms with E-state index >= 15 is 0 Å². The lowest BCUT2D eigenvalue weighted by atomic mass is 9.99. The number of rotatable bonds is 7. The zero-order chi connectivity index (χ0) is 12.9. The number of hydrogen-bond acceptors (Lipinski definition) is 6. The van der Waals surface area contributed by atoms with Crippen LogP contribution in [-0.4, -0.2) is 65.3 Å². The standard InChI is InChI=1S/C8H12I2O6/c9-1-3(11)5(13)7(15)8(16)6(14)4(12)2-10/h5-8,13-16H,1-2H2/t5-,6+,7+,8-. The van der Waals surface area contributed by atoms with Crippen molar-refractivity contribution in [3.8, 4) is 0 Å². The quantitative estimate of drug-likeness (QED) is 0.271. The van der Waals surface area contributed by atoms with E-state index in [9.17, 15) is 30.0 Å². The molecular formula is C8H12I2O6. The molecule has 0 aromatic carbocycles. The first-order valence-electron chi connectivity index (χ1n) is 4.26. The molecule has 4 N–H and O–H groups in total. The van der Waals surface area contributed by atoms with Crippen LogP contribution < -0.4 is 0 Å². The van der Waals surface area contributed by atoms with Crippen molar-refractivity contribution in [1.29, 1.82) is 0 Å². The molecule has 0 bridgehead atoms. The van der Waals surface area contributed by atoms with Crippen molar-refractivity contribution in [2.75, 3.05) is 8.86 Å². The van der Waals surface area contributed by atoms with Crippen molar-refractivity contribution in [3.05, 3.63) is 0 Å². The molecule has 0 unspecified atom stereocenters. The van der Waals surface area contributed by atoms with E-state index in [1.807, 2.05) is 0 Å². The van der Waals surface area contributed by atoms with Gasteiger partial charge < -0.3 is 20.4 Å². The Balaban J connectivity index is 4.54. The number of carbonyl (C=O) groups is 2. The molecule has 0 aromatic rings. The smallest absolute Gasteiger partial charge is 0.173 e. The molecule has 0 amide bonds. The van der Waals surface area contributed by atoms with Gasteiger partial charge in [-0.05, 0) is 0 Å². The third-order valence-corrected chi connectivity index (χ3v) is 3.42. The largest absolute Gasteiger partial charge is 0.387 e. The SMILES string of the molecule is O=C(CI)[C@@H](O)[C@H](O)[C@H](O)[C@@H](O)C(=O)CI. The number of carbonyl (C=O) groups excluding carboxylic acids is 2. The summed E-state index contributed by atoms with van der Waals surface area (Å²) < 4.78 is -0.0853. The Kier molecular flexibility index (Phi) is 8.18. The van der Waals surface area contributed by atoms with Crippen molar-refractivity contribution in [3.63, 3.8) is 0 Å². The molecule has 0 aliphatic rings. The molecule has 0 saturated carbocycles. The Hall–Kier alpha value is 0.640. The van der Waals surface area contributed by atoms with Crippen LogP contribution in [0, 0.1) is 0 Å². The number of hydrogen-bond donors (Lipinski definition) is 4. The van der Waals surface area contributed by atoms with Crippen molar-refractivity contribution >= 4 is 56.7 Å². The predicted molar refractivity (Wildman–Crippen MR) is 71.8 cm³/mol. The van der Waals surface area contributed by atoms with Gasteiger partial charge in [0.05, 0.1) is 8.86 Å². The summed E-state index contributed by atoms with van der Waals surface area (Å²) in [7, 11) is 0. The van der Waals surface area contributed by atoms with Crippen LogP contribution in [-0.2, 0) is 9.59 Å². The van der Waals surface area contributed by atoms with E-state index in [0.717, 1.165) is 0 Å². The Morgan fingerprint density at radius 3 is 1.25 bits per heavy atom. The molecule has 0 radical (unpaired) electrons. The Morgan fingerprint density at radius 1 is 0.812 bits per heavy atom. The van der Waals surface area contributed by atoms with E-state index in [1.165, 1.54) is 0 Å². The highest BCUT2D eigenvalue weighted by Gasteiger charge is 2.36. The van der Waals surface area contributed by atoms with E-state index in [0.29, 0.717) is 0 Å². The highest BCUT2D eigenvalue weighted by molar-refractivity contribution is 14.1. The van der Waals surface area contributed by atoms with Gasteiger partial charge in [0.25, 0.3) is 0 Å². The van der Waals surface area contributed by atoms with Crippen LogP contribution in [0.4, 0.5) is 0 Å². The summed E-state index contributed by atoms with van der Waals surface area (Å²) in [6.07, 6.45) is -7.35. The second kappa shape index (κ2) is 7.87. The zero-order valence-electron chi connectivity index (χ0n) is 8.08. The molecule has 0 rings (SSSR count). The second-order valence-corrected chi connectivity index (χ2v) is 4.60. The summed E-state index contributed by atoms with van der Waals surface area (Å²) in [4.78, 5) is 22.0. The van der Waals surface area contributed by atoms with Crippen LogP contribution in [0.1, 0.15) is 0 Å². The zero-order valence-corrected chi connectivity index (χ0v) is 12.4. The van der Waals surface area contributed by atoms with E-state index in [1.54, 1.807) is 45.2 Å². The fraction of sp³-hybridized carbons (Fsp3) is 0.750. The molecule has 0 fully saturated rings. The molecule has 0 saturated heterocycles. The van der Waals surface area contributed by atoms with Gasteiger partial charge in [-0.25, -0.2) is 0 Å². The molecular weight excluding hydrogens is 446 g/mol. The fourth-order valence-corrected chi connectivity index (χ4v) is 1.81. The van der Waals surface area contributed by atoms with Crippen molar-refractivity contribution in [2.45, 2.75) is 24.4 Å². The fourth-order valence-electron chi connectivity index (χ4n) is 0.913. The van der Waals surface area contributed by atoms with Crippen LogP contribution in [0.5, 0.6) is 0 Å². The van der Waals surface area contributed by atoms with Gasteiger partial charge >= 0.3 is 0 Å². The maximum absolute atomic E-state index is 11.0. The normalized spacial score (nSPS) is 18.6. The summed E-state index contributed by atoms with van der Waals surface area (Å²) in [6, 6.07) is 0. The van der Waals surface area contributed by atoms with Gasteiger partial charge in [0, 0.05) is 0 Å². The topological polar surface area (TPSA) is 115 Å². The minimum Gasteiger partial charge on any atom is -0.387 e. The maximum Gasteiger partial charge on any atom is 0.173 e. The molecule has 0 aliphatic heterocycles. The third kappa shape index (κ3) is 4.49. The van der Waals surface area contributed by atoms with Gasteiger partial charge in [0.15, 0.2) is 11.6 Å². The van der Waals surface area contributed by atoms with E-state index in [-0.39, 0.29) is 8.86 Å². The van der Waals surface area contributed by atoms with Crippen molar-refractivity contribution in [1.82, 2.24) is 0 Å². The van der Waals surface area contributed by atoms with Gasteiger partial charge in [-0.1, -0.05) is 45.2 Å². The second-order valence-electron chi connectivity index (χ2n) is 3.07. The number of ketones is 2. The van der Waals surface area contributed by atoms with E-state index < -0.39 is 36.0 Å². The number of Topliss-reactive ketones (excluding diaryl/α,β-unsaturated/α-hetero) is 2. The molecule has 0 spiro atoms. The minimum atomic E-state index is -1.87. The number of alkyl halides is 2. The average molecular weight is 458 g/mol. The summed E-state index contributed by atoms with van der Waals surface area (Å²) in [6.45, 7) is 0. The lowest BCUT2D eigenvalue weighted by molar-refractivity contribution is -0.150. The molecule has 4 atom stereocenters. The van der Waals surface area contributed by atoms with Gasteiger partial charge in [-0.3, -0.25) is 9.59 Å². The van der Waals surface area contributed by atoms with E-state index in [4.69, 9.17) is 0 Å². The van der Waals surface area contributed by atoms with Gasteiger partial charge in [0.1, 0.15) is 24.4 Å². The average Bonchev–Trinajstić information content (AvgIpc) is 2.32. The molecule has 16 heavy (non-hydrogen) atoms. The van der Waals surface area contributed by atoms with Crippen LogP contribution >= 0.6 is 45.2 Å². The van der Waals surface area contributed by atoms with Gasteiger partial charge in [0.2, 0.25) is 0 Å². The summed E-state index contributed by atoms with van der Waals surface area (Å²) >= 11 is 3.38. The predicted octanol–water partition coefficient (Wildman–Crippen LogP) is -1.56. The van der Waals surface area contributed by atoms with Crippen LogP contribution in [0.25, 0.3) is 0 Å². The minimum absolute atomic E-state index is 0.0426. The van der Waals surface area contributed by atoms with Crippen LogP contribution in [0.15, 0.2) is 0 Å².